The Morgan fingerprint density at radius 3 is 1.96 bits per heavy atom. The van der Waals surface area contributed by atoms with Gasteiger partial charge in [0, 0.05) is 37.0 Å². The maximum atomic E-state index is 8.60. The Morgan fingerprint density at radius 1 is 0.717 bits per heavy atom. The van der Waals surface area contributed by atoms with Gasteiger partial charge in [-0.05, 0) is 70.6 Å². The molecule has 6 aromatic rings. The lowest BCUT2D eigenvalue weighted by atomic mass is 9.81. The molecule has 0 saturated carbocycles. The number of nitrogens with zero attached hydrogens (tertiary/aromatic N) is 3. The number of hydrogen-bond acceptors (Lipinski definition) is 5. The Hall–Kier alpha value is -3.99. The quantitative estimate of drug-likeness (QED) is 0.192. The fourth-order valence-corrected chi connectivity index (χ4v) is 6.31. The molecule has 0 N–H and O–H groups in total. The molecule has 0 aliphatic heterocycles. The molecule has 0 bridgehead atoms. The van der Waals surface area contributed by atoms with Crippen LogP contribution in [0.1, 0.15) is 139 Å². The molecule has 5 heteroatoms. The minimum absolute atomic E-state index is 0.195. The minimum atomic E-state index is -2.39. The number of aromatic nitrogens is 3. The Balaban J connectivity index is 1.87. The number of hydrogen-bond donors (Lipinski definition) is 0. The maximum Gasteiger partial charge on any atom is 0.200 e. The largest absolute Gasteiger partial charge is 0.455 e. The highest BCUT2D eigenvalue weighted by Crippen LogP contribution is 2.49. The van der Waals surface area contributed by atoms with Crippen molar-refractivity contribution in [2.75, 3.05) is 0 Å². The number of oxazole rings is 1. The summed E-state index contributed by atoms with van der Waals surface area (Å²) in [6.45, 7) is 23.5. The molecule has 240 valence electrons. The van der Waals surface area contributed by atoms with E-state index in [9.17, 15) is 0 Å². The summed E-state index contributed by atoms with van der Waals surface area (Å²) < 4.78 is 39.4. The van der Waals surface area contributed by atoms with Crippen LogP contribution in [0.4, 0.5) is 0 Å². The summed E-state index contributed by atoms with van der Waals surface area (Å²) in [6, 6.07) is 12.1. The van der Waals surface area contributed by atoms with Crippen molar-refractivity contribution >= 4 is 33.0 Å². The van der Waals surface area contributed by atoms with Crippen molar-refractivity contribution < 1.29 is 12.9 Å². The van der Waals surface area contributed by atoms with Crippen molar-refractivity contribution in [3.63, 3.8) is 0 Å². The summed E-state index contributed by atoms with van der Waals surface area (Å²) in [5.74, 6) is 1.35. The number of aryl methyl sites for hydroxylation is 1. The monoisotopic (exact) mass is 618 g/mol. The van der Waals surface area contributed by atoms with Crippen LogP contribution in [0.2, 0.25) is 0 Å². The SMILES string of the molecule is [2H]C([2H])([2H])c1ccc(-c2cc(C(C)(C)C)ncn2)c2oc3c(-c4c(C(C)C)cc(C(C)C)cc4C(C)C)c4nc(C(C)(C)C)oc4cc3c12. The third kappa shape index (κ3) is 5.32. The number of benzene rings is 3. The molecule has 0 aliphatic carbocycles. The topological polar surface area (TPSA) is 65.0 Å². The first kappa shape index (κ1) is 28.3. The molecule has 0 radical (unpaired) electrons. The average molecular weight is 619 g/mol. The summed E-state index contributed by atoms with van der Waals surface area (Å²) in [5.41, 5.74) is 9.92. The molecule has 3 aromatic heterocycles. The number of rotatable bonds is 5. The van der Waals surface area contributed by atoms with Crippen molar-refractivity contribution in [3.05, 3.63) is 76.6 Å². The first-order valence-electron chi connectivity index (χ1n) is 18.0. The van der Waals surface area contributed by atoms with Crippen LogP contribution >= 0.6 is 0 Å². The van der Waals surface area contributed by atoms with E-state index in [1.165, 1.54) is 16.7 Å². The summed E-state index contributed by atoms with van der Waals surface area (Å²) in [5, 5.41) is 1.22. The standard InChI is InChI=1S/C41H49N3O2/c1-21(2)25-16-27(22(3)4)34(28(17-25)23(5)6)35-36-31(45-39(44-36)41(11,12)13)18-29-33-24(7)14-15-26(37(33)46-38(29)35)30-19-32(40(8,9)10)43-20-42-30/h14-23H,1-13H3/i7D3. The fraction of sp³-hybridized carbons (Fsp3) is 0.439. The lowest BCUT2D eigenvalue weighted by Gasteiger charge is -2.23. The van der Waals surface area contributed by atoms with Gasteiger partial charge < -0.3 is 8.83 Å². The zero-order valence-corrected chi connectivity index (χ0v) is 29.4. The molecule has 3 aromatic carbocycles. The van der Waals surface area contributed by atoms with E-state index >= 15 is 0 Å². The van der Waals surface area contributed by atoms with Crippen LogP contribution in [0.15, 0.2) is 51.6 Å². The smallest absolute Gasteiger partial charge is 0.200 e. The molecular weight excluding hydrogens is 566 g/mol. The van der Waals surface area contributed by atoms with Gasteiger partial charge in [0.05, 0.1) is 11.3 Å². The molecule has 3 heterocycles. The second kappa shape index (κ2) is 11.1. The highest BCUT2D eigenvalue weighted by atomic mass is 16.4. The maximum absolute atomic E-state index is 8.60. The summed E-state index contributed by atoms with van der Waals surface area (Å²) >= 11 is 0. The zero-order chi connectivity index (χ0) is 36.0. The van der Waals surface area contributed by atoms with Crippen molar-refractivity contribution in [3.8, 4) is 22.4 Å². The molecule has 46 heavy (non-hydrogen) atoms. The lowest BCUT2D eigenvalue weighted by molar-refractivity contribution is 0.411. The van der Waals surface area contributed by atoms with Crippen LogP contribution in [0.3, 0.4) is 0 Å². The third-order valence-corrected chi connectivity index (χ3v) is 9.00. The molecule has 5 nitrogen and oxygen atoms in total. The van der Waals surface area contributed by atoms with E-state index in [2.05, 4.69) is 105 Å². The van der Waals surface area contributed by atoms with E-state index in [1.807, 2.05) is 18.2 Å². The first-order chi connectivity index (χ1) is 22.7. The highest BCUT2D eigenvalue weighted by Gasteiger charge is 2.30. The summed E-state index contributed by atoms with van der Waals surface area (Å²) in [4.78, 5) is 14.4. The van der Waals surface area contributed by atoms with Gasteiger partial charge in [0.25, 0.3) is 0 Å². The molecule has 0 atom stereocenters. The molecule has 0 fully saturated rings. The van der Waals surface area contributed by atoms with E-state index in [0.29, 0.717) is 56.1 Å². The van der Waals surface area contributed by atoms with Crippen LogP contribution < -0.4 is 0 Å². The molecule has 6 rings (SSSR count). The predicted octanol–water partition coefficient (Wildman–Crippen LogP) is 12.1. The van der Waals surface area contributed by atoms with E-state index in [-0.39, 0.29) is 28.2 Å². The van der Waals surface area contributed by atoms with Gasteiger partial charge in [-0.25, -0.2) is 15.0 Å². The zero-order valence-electron chi connectivity index (χ0n) is 32.4. The summed E-state index contributed by atoms with van der Waals surface area (Å²) in [6.07, 6.45) is 1.57. The minimum Gasteiger partial charge on any atom is -0.455 e. The number of fused-ring (bicyclic) bond motifs is 4. The molecule has 0 saturated heterocycles. The summed E-state index contributed by atoms with van der Waals surface area (Å²) in [7, 11) is 0. The highest BCUT2D eigenvalue weighted by molar-refractivity contribution is 6.19. The van der Waals surface area contributed by atoms with Crippen LogP contribution in [0, 0.1) is 6.85 Å². The van der Waals surface area contributed by atoms with Crippen molar-refractivity contribution in [2.24, 2.45) is 0 Å². The first-order valence-corrected chi connectivity index (χ1v) is 16.5. The van der Waals surface area contributed by atoms with Crippen molar-refractivity contribution in [2.45, 2.75) is 119 Å². The fourth-order valence-electron chi connectivity index (χ4n) is 6.31. The molecule has 0 amide bonds. The molecule has 0 spiro atoms. The van der Waals surface area contributed by atoms with E-state index < -0.39 is 6.85 Å². The van der Waals surface area contributed by atoms with Crippen LogP contribution in [0.25, 0.3) is 55.4 Å². The van der Waals surface area contributed by atoms with Gasteiger partial charge in [-0.1, -0.05) is 101 Å². The van der Waals surface area contributed by atoms with Gasteiger partial charge in [0.15, 0.2) is 5.58 Å². The van der Waals surface area contributed by atoms with E-state index in [1.54, 1.807) is 12.4 Å². The molecule has 0 aliphatic rings. The Morgan fingerprint density at radius 2 is 1.39 bits per heavy atom. The Labute approximate surface area is 278 Å². The van der Waals surface area contributed by atoms with Gasteiger partial charge in [-0.3, -0.25) is 0 Å². The second-order valence-corrected chi connectivity index (χ2v) is 15.8. The van der Waals surface area contributed by atoms with Crippen LogP contribution in [0.5, 0.6) is 0 Å². The van der Waals surface area contributed by atoms with Gasteiger partial charge >= 0.3 is 0 Å². The average Bonchev–Trinajstić information content (AvgIpc) is 3.60. The third-order valence-electron chi connectivity index (χ3n) is 9.00. The molecular formula is C41H49N3O2. The molecule has 0 unspecified atom stereocenters. The second-order valence-electron chi connectivity index (χ2n) is 15.8. The van der Waals surface area contributed by atoms with E-state index in [0.717, 1.165) is 16.8 Å². The van der Waals surface area contributed by atoms with E-state index in [4.69, 9.17) is 17.9 Å². The number of furan rings is 1. The Bertz CT molecular complexity index is 2190. The van der Waals surface area contributed by atoms with Gasteiger partial charge in [-0.2, -0.15) is 0 Å². The van der Waals surface area contributed by atoms with Gasteiger partial charge in [0.2, 0.25) is 5.89 Å². The van der Waals surface area contributed by atoms with Gasteiger partial charge in [-0.15, -0.1) is 0 Å². The van der Waals surface area contributed by atoms with Crippen LogP contribution in [-0.4, -0.2) is 15.0 Å². The predicted molar refractivity (Wildman–Crippen MR) is 192 cm³/mol. The Kier molecular flexibility index (Phi) is 6.80. The normalized spacial score (nSPS) is 14.3. The van der Waals surface area contributed by atoms with Crippen molar-refractivity contribution in [1.29, 1.82) is 0 Å². The van der Waals surface area contributed by atoms with Gasteiger partial charge in [0.1, 0.15) is 23.0 Å². The van der Waals surface area contributed by atoms with Crippen molar-refractivity contribution in [1.82, 2.24) is 15.0 Å². The lowest BCUT2D eigenvalue weighted by Crippen LogP contribution is -2.13. The van der Waals surface area contributed by atoms with Crippen LogP contribution in [-0.2, 0) is 10.8 Å².